The lowest BCUT2D eigenvalue weighted by atomic mass is 9.91. The molecule has 4 rings (SSSR count). The van der Waals surface area contributed by atoms with Crippen LogP contribution in [0.4, 0.5) is 20.2 Å². The zero-order chi connectivity index (χ0) is 21.5. The maximum atomic E-state index is 12.6. The lowest BCUT2D eigenvalue weighted by molar-refractivity contribution is -0.0498. The number of ether oxygens (including phenoxy) is 1. The zero-order valence-corrected chi connectivity index (χ0v) is 17.1. The third kappa shape index (κ3) is 3.79. The number of hydrogen-bond acceptors (Lipinski definition) is 5. The van der Waals surface area contributed by atoms with Crippen molar-refractivity contribution in [2.24, 2.45) is 0 Å². The molecule has 1 N–H and O–H groups in total. The number of nitrogens with one attached hydrogen (secondary N) is 1. The van der Waals surface area contributed by atoms with Crippen LogP contribution in [0.25, 0.3) is 0 Å². The number of nitrogens with zero attached hydrogens (tertiary/aromatic N) is 2. The molecule has 6 nitrogen and oxygen atoms in total. The molecule has 30 heavy (non-hydrogen) atoms. The molecule has 2 aromatic carbocycles. The molecule has 9 heteroatoms. The van der Waals surface area contributed by atoms with Crippen molar-refractivity contribution in [3.63, 3.8) is 0 Å². The molecule has 2 aliphatic rings. The molecule has 1 saturated carbocycles. The summed E-state index contributed by atoms with van der Waals surface area (Å²) in [5.41, 5.74) is 2.76. The minimum Gasteiger partial charge on any atom is -0.435 e. The molecule has 1 aliphatic heterocycles. The molecule has 158 valence electrons. The van der Waals surface area contributed by atoms with Crippen molar-refractivity contribution in [2.75, 3.05) is 16.2 Å². The van der Waals surface area contributed by atoms with Gasteiger partial charge in [0.25, 0.3) is 0 Å². The quantitative estimate of drug-likeness (QED) is 0.701. The van der Waals surface area contributed by atoms with Crippen molar-refractivity contribution in [1.82, 2.24) is 0 Å². The van der Waals surface area contributed by atoms with Gasteiger partial charge in [-0.25, -0.2) is 8.42 Å². The first-order chi connectivity index (χ1) is 14.3. The number of benzene rings is 2. The summed E-state index contributed by atoms with van der Waals surface area (Å²) in [6.45, 7) is -0.437. The van der Waals surface area contributed by atoms with Gasteiger partial charge < -0.3 is 9.64 Å². The first kappa shape index (κ1) is 20.4. The predicted molar refractivity (Wildman–Crippen MR) is 109 cm³/mol. The van der Waals surface area contributed by atoms with Crippen molar-refractivity contribution in [3.8, 4) is 11.8 Å². The van der Waals surface area contributed by atoms with Gasteiger partial charge >= 0.3 is 6.61 Å². The van der Waals surface area contributed by atoms with Crippen LogP contribution < -0.4 is 14.4 Å². The number of sulfonamides is 1. The highest BCUT2D eigenvalue weighted by atomic mass is 32.2. The molecule has 0 amide bonds. The Morgan fingerprint density at radius 2 is 1.93 bits per heavy atom. The Morgan fingerprint density at radius 3 is 2.50 bits per heavy atom. The largest absolute Gasteiger partial charge is 0.435 e. The van der Waals surface area contributed by atoms with Crippen LogP contribution in [0, 0.1) is 11.3 Å². The second-order valence-corrected chi connectivity index (χ2v) is 9.37. The molecule has 0 saturated heterocycles. The summed E-state index contributed by atoms with van der Waals surface area (Å²) >= 11 is 0. The smallest absolute Gasteiger partial charge is 0.387 e. The van der Waals surface area contributed by atoms with Gasteiger partial charge in [0.15, 0.2) is 0 Å². The van der Waals surface area contributed by atoms with Crippen LogP contribution in [0.3, 0.4) is 0 Å². The standard InChI is InChI=1S/C21H21F2N3O3S/c1-2-26-19-11-15(29-21(22)23)7-10-17(19)18(12-24)20(26)13-3-5-14(6-4-13)25-30(27,28)16-8-9-16/h3-7,10-11,16,18,20-21,25H,2,8-9H2,1H3. The lowest BCUT2D eigenvalue weighted by Crippen LogP contribution is -2.26. The van der Waals surface area contributed by atoms with E-state index in [1.54, 1.807) is 30.3 Å². The summed E-state index contributed by atoms with van der Waals surface area (Å²) < 4.78 is 56.6. The Bertz CT molecular complexity index is 1080. The average molecular weight is 433 g/mol. The number of halogens is 2. The van der Waals surface area contributed by atoms with Gasteiger partial charge in [0, 0.05) is 24.0 Å². The Hall–Kier alpha value is -2.86. The van der Waals surface area contributed by atoms with Gasteiger partial charge in [-0.3, -0.25) is 4.72 Å². The van der Waals surface area contributed by atoms with Gasteiger partial charge in [-0.15, -0.1) is 0 Å². The molecule has 2 atom stereocenters. The highest BCUT2D eigenvalue weighted by Crippen LogP contribution is 2.49. The first-order valence-corrected chi connectivity index (χ1v) is 11.2. The number of hydrogen-bond donors (Lipinski definition) is 1. The van der Waals surface area contributed by atoms with E-state index in [0.717, 1.165) is 11.1 Å². The minimum absolute atomic E-state index is 0.0457. The fourth-order valence-electron chi connectivity index (χ4n) is 3.97. The normalized spacial score (nSPS) is 20.7. The number of alkyl halides is 2. The second kappa shape index (κ2) is 7.76. The summed E-state index contributed by atoms with van der Waals surface area (Å²) in [5, 5.41) is 9.51. The van der Waals surface area contributed by atoms with Crippen molar-refractivity contribution in [3.05, 3.63) is 53.6 Å². The Morgan fingerprint density at radius 1 is 1.23 bits per heavy atom. The van der Waals surface area contributed by atoms with Crippen LogP contribution in [0.2, 0.25) is 0 Å². The van der Waals surface area contributed by atoms with Crippen LogP contribution in [0.1, 0.15) is 42.9 Å². The highest BCUT2D eigenvalue weighted by molar-refractivity contribution is 7.93. The topological polar surface area (TPSA) is 82.4 Å². The van der Waals surface area contributed by atoms with E-state index in [1.807, 2.05) is 11.8 Å². The van der Waals surface area contributed by atoms with Crippen LogP contribution >= 0.6 is 0 Å². The summed E-state index contributed by atoms with van der Waals surface area (Å²) in [6.07, 6.45) is 1.36. The van der Waals surface area contributed by atoms with E-state index in [-0.39, 0.29) is 17.0 Å². The molecular formula is C21H21F2N3O3S. The van der Waals surface area contributed by atoms with Crippen molar-refractivity contribution >= 4 is 21.4 Å². The zero-order valence-electron chi connectivity index (χ0n) is 16.3. The fourth-order valence-corrected chi connectivity index (χ4v) is 5.35. The third-order valence-electron chi connectivity index (χ3n) is 5.48. The van der Waals surface area contributed by atoms with E-state index in [4.69, 9.17) is 0 Å². The van der Waals surface area contributed by atoms with E-state index < -0.39 is 22.6 Å². The number of fused-ring (bicyclic) bond motifs is 1. The minimum atomic E-state index is -3.35. The van der Waals surface area contributed by atoms with E-state index in [9.17, 15) is 22.5 Å². The molecule has 0 bridgehead atoms. The molecule has 0 radical (unpaired) electrons. The van der Waals surface area contributed by atoms with Crippen LogP contribution in [0.15, 0.2) is 42.5 Å². The number of likely N-dealkylation sites (N-methyl/N-ethyl adjacent to an activating group) is 1. The van der Waals surface area contributed by atoms with Gasteiger partial charge in [0.05, 0.1) is 23.3 Å². The molecule has 1 fully saturated rings. The van der Waals surface area contributed by atoms with Crippen molar-refractivity contribution < 1.29 is 21.9 Å². The molecule has 1 heterocycles. The van der Waals surface area contributed by atoms with Gasteiger partial charge in [0.1, 0.15) is 5.75 Å². The maximum Gasteiger partial charge on any atom is 0.387 e. The lowest BCUT2D eigenvalue weighted by Gasteiger charge is -2.28. The molecule has 2 unspecified atom stereocenters. The van der Waals surface area contributed by atoms with Crippen molar-refractivity contribution in [1.29, 1.82) is 5.26 Å². The summed E-state index contributed by atoms with van der Waals surface area (Å²) in [6, 6.07) is 13.6. The van der Waals surface area contributed by atoms with Crippen LogP contribution in [0.5, 0.6) is 5.75 Å². The molecule has 2 aromatic rings. The fraction of sp³-hybridized carbons (Fsp3) is 0.381. The van der Waals surface area contributed by atoms with E-state index >= 15 is 0 Å². The van der Waals surface area contributed by atoms with E-state index in [0.29, 0.717) is 30.8 Å². The van der Waals surface area contributed by atoms with Gasteiger partial charge in [0.2, 0.25) is 10.0 Å². The monoisotopic (exact) mass is 433 g/mol. The number of rotatable bonds is 7. The van der Waals surface area contributed by atoms with Gasteiger partial charge in [-0.05, 0) is 49.1 Å². The summed E-state index contributed by atoms with van der Waals surface area (Å²) in [7, 11) is -3.35. The maximum absolute atomic E-state index is 12.6. The van der Waals surface area contributed by atoms with E-state index in [2.05, 4.69) is 15.5 Å². The Labute approximate surface area is 174 Å². The molecular weight excluding hydrogens is 412 g/mol. The van der Waals surface area contributed by atoms with Crippen LogP contribution in [-0.4, -0.2) is 26.8 Å². The van der Waals surface area contributed by atoms with Crippen LogP contribution in [-0.2, 0) is 10.0 Å². The molecule has 0 spiro atoms. The summed E-state index contributed by atoms with van der Waals surface area (Å²) in [5.74, 6) is -0.445. The molecule has 1 aliphatic carbocycles. The average Bonchev–Trinajstić information content (AvgIpc) is 3.51. The first-order valence-electron chi connectivity index (χ1n) is 9.70. The van der Waals surface area contributed by atoms with E-state index in [1.165, 1.54) is 12.1 Å². The third-order valence-corrected chi connectivity index (χ3v) is 7.35. The molecule has 0 aromatic heterocycles. The highest BCUT2D eigenvalue weighted by Gasteiger charge is 2.39. The Balaban J connectivity index is 1.63. The second-order valence-electron chi connectivity index (χ2n) is 7.41. The Kier molecular flexibility index (Phi) is 5.28. The number of anilines is 2. The predicted octanol–water partition coefficient (Wildman–Crippen LogP) is 4.38. The summed E-state index contributed by atoms with van der Waals surface area (Å²) in [4.78, 5) is 1.98. The van der Waals surface area contributed by atoms with Crippen molar-refractivity contribution in [2.45, 2.75) is 43.6 Å². The van der Waals surface area contributed by atoms with Gasteiger partial charge in [-0.2, -0.15) is 14.0 Å². The SMILES string of the molecule is CCN1c2cc(OC(F)F)ccc2C(C#N)C1c1ccc(NS(=O)(=O)C2CC2)cc1. The number of nitriles is 1. The van der Waals surface area contributed by atoms with Gasteiger partial charge in [-0.1, -0.05) is 18.2 Å².